The molecule has 2 amide bonds. The van der Waals surface area contributed by atoms with Crippen molar-refractivity contribution in [3.05, 3.63) is 0 Å². The lowest BCUT2D eigenvalue weighted by Crippen LogP contribution is -2.58. The van der Waals surface area contributed by atoms with Gasteiger partial charge >= 0.3 is 0 Å². The molecular weight excluding hydrogens is 316 g/mol. The van der Waals surface area contributed by atoms with E-state index >= 15 is 0 Å². The van der Waals surface area contributed by atoms with Crippen LogP contribution in [-0.4, -0.2) is 55.0 Å². The number of hydrogen-bond acceptors (Lipinski definition) is 4. The maximum absolute atomic E-state index is 11.9. The van der Waals surface area contributed by atoms with E-state index in [1.165, 1.54) is 51.4 Å². The number of amides is 2. The Labute approximate surface area is 145 Å². The maximum Gasteiger partial charge on any atom is 0.239 e. The third-order valence-corrected chi connectivity index (χ3v) is 5.06. The molecule has 0 unspecified atom stereocenters. The van der Waals surface area contributed by atoms with Crippen molar-refractivity contribution >= 4 is 24.2 Å². The van der Waals surface area contributed by atoms with Crippen LogP contribution in [-0.2, 0) is 9.59 Å². The van der Waals surface area contributed by atoms with E-state index in [1.807, 2.05) is 0 Å². The van der Waals surface area contributed by atoms with Crippen LogP contribution in [0.4, 0.5) is 0 Å². The summed E-state index contributed by atoms with van der Waals surface area (Å²) in [6.45, 7) is 2.95. The van der Waals surface area contributed by atoms with E-state index < -0.39 is 0 Å². The van der Waals surface area contributed by atoms with Crippen molar-refractivity contribution in [1.82, 2.24) is 15.5 Å². The Morgan fingerprint density at radius 3 is 2.13 bits per heavy atom. The SMILES string of the molecule is Cl.NCC(=O)NCC(=O)NCC1(N2CCCCC2)CCCCC1. The molecule has 0 bridgehead atoms. The predicted molar refractivity (Wildman–Crippen MR) is 93.6 cm³/mol. The summed E-state index contributed by atoms with van der Waals surface area (Å²) in [4.78, 5) is 25.7. The Kier molecular flexibility index (Phi) is 8.87. The number of nitrogens with two attached hydrogens (primary N) is 1. The van der Waals surface area contributed by atoms with Crippen LogP contribution in [0.5, 0.6) is 0 Å². The highest BCUT2D eigenvalue weighted by Crippen LogP contribution is 2.35. The van der Waals surface area contributed by atoms with E-state index in [-0.39, 0.29) is 42.8 Å². The summed E-state index contributed by atoms with van der Waals surface area (Å²) in [5, 5.41) is 5.56. The molecular formula is C16H31ClN4O2. The number of halogens is 1. The largest absolute Gasteiger partial charge is 0.353 e. The monoisotopic (exact) mass is 346 g/mol. The molecule has 2 aliphatic rings. The Balaban J connectivity index is 0.00000264. The summed E-state index contributed by atoms with van der Waals surface area (Å²) >= 11 is 0. The van der Waals surface area contributed by atoms with Gasteiger partial charge in [-0.25, -0.2) is 0 Å². The summed E-state index contributed by atoms with van der Waals surface area (Å²) < 4.78 is 0. The van der Waals surface area contributed by atoms with Crippen molar-refractivity contribution in [3.63, 3.8) is 0 Å². The van der Waals surface area contributed by atoms with Crippen LogP contribution >= 0.6 is 12.4 Å². The zero-order valence-corrected chi connectivity index (χ0v) is 14.8. The third-order valence-electron chi connectivity index (χ3n) is 5.06. The Morgan fingerprint density at radius 1 is 0.913 bits per heavy atom. The van der Waals surface area contributed by atoms with Gasteiger partial charge in [0.05, 0.1) is 13.1 Å². The van der Waals surface area contributed by atoms with Crippen molar-refractivity contribution in [2.75, 3.05) is 32.7 Å². The first-order valence-corrected chi connectivity index (χ1v) is 8.65. The van der Waals surface area contributed by atoms with Gasteiger partial charge in [0.25, 0.3) is 0 Å². The van der Waals surface area contributed by atoms with Gasteiger partial charge in [-0.05, 0) is 38.8 Å². The quantitative estimate of drug-likeness (QED) is 0.663. The standard InChI is InChI=1S/C16H30N4O2.ClH/c17-11-14(21)18-12-15(22)19-13-16(7-3-1-4-8-16)20-9-5-2-6-10-20;/h1-13,17H2,(H,18,21)(H,19,22);1H. The van der Waals surface area contributed by atoms with Crippen molar-refractivity contribution in [1.29, 1.82) is 0 Å². The summed E-state index contributed by atoms with van der Waals surface area (Å²) in [5.74, 6) is -0.415. The second-order valence-corrected chi connectivity index (χ2v) is 6.59. The van der Waals surface area contributed by atoms with Crippen molar-refractivity contribution < 1.29 is 9.59 Å². The summed E-state index contributed by atoms with van der Waals surface area (Å²) in [7, 11) is 0. The van der Waals surface area contributed by atoms with Gasteiger partial charge in [-0.2, -0.15) is 0 Å². The molecule has 0 atom stereocenters. The van der Waals surface area contributed by atoms with Gasteiger partial charge in [-0.1, -0.05) is 25.7 Å². The molecule has 0 spiro atoms. The Hall–Kier alpha value is -0.850. The zero-order valence-electron chi connectivity index (χ0n) is 13.9. The number of piperidine rings is 1. The molecule has 0 aromatic carbocycles. The number of nitrogens with one attached hydrogen (secondary N) is 2. The fraction of sp³-hybridized carbons (Fsp3) is 0.875. The number of carbonyl (C=O) groups excluding carboxylic acids is 2. The first kappa shape index (κ1) is 20.2. The number of carbonyl (C=O) groups is 2. The van der Waals surface area contributed by atoms with E-state index in [9.17, 15) is 9.59 Å². The molecule has 4 N–H and O–H groups in total. The van der Waals surface area contributed by atoms with Crippen LogP contribution in [0, 0.1) is 0 Å². The summed E-state index contributed by atoms with van der Waals surface area (Å²) in [6.07, 6.45) is 9.99. The van der Waals surface area contributed by atoms with Gasteiger partial charge in [0.15, 0.2) is 0 Å². The van der Waals surface area contributed by atoms with Gasteiger partial charge in [-0.15, -0.1) is 12.4 Å². The van der Waals surface area contributed by atoms with Crippen molar-refractivity contribution in [2.45, 2.75) is 56.9 Å². The molecule has 1 aliphatic carbocycles. The smallest absolute Gasteiger partial charge is 0.239 e. The molecule has 1 saturated carbocycles. The fourth-order valence-corrected chi connectivity index (χ4v) is 3.76. The van der Waals surface area contributed by atoms with Gasteiger partial charge in [0.2, 0.25) is 11.8 Å². The summed E-state index contributed by atoms with van der Waals surface area (Å²) in [5.41, 5.74) is 5.35. The second kappa shape index (κ2) is 10.1. The minimum absolute atomic E-state index is 0. The molecule has 23 heavy (non-hydrogen) atoms. The first-order valence-electron chi connectivity index (χ1n) is 8.65. The number of likely N-dealkylation sites (tertiary alicyclic amines) is 1. The molecule has 6 nitrogen and oxygen atoms in total. The van der Waals surface area contributed by atoms with Crippen LogP contribution < -0.4 is 16.4 Å². The normalized spacial score (nSPS) is 21.1. The van der Waals surface area contributed by atoms with E-state index in [4.69, 9.17) is 5.73 Å². The molecule has 0 aromatic rings. The van der Waals surface area contributed by atoms with E-state index in [1.54, 1.807) is 0 Å². The van der Waals surface area contributed by atoms with Crippen LogP contribution in [0.1, 0.15) is 51.4 Å². The van der Waals surface area contributed by atoms with E-state index in [0.717, 1.165) is 13.1 Å². The van der Waals surface area contributed by atoms with Crippen LogP contribution in [0.15, 0.2) is 0 Å². The van der Waals surface area contributed by atoms with Crippen molar-refractivity contribution in [2.24, 2.45) is 5.73 Å². The van der Waals surface area contributed by atoms with Crippen LogP contribution in [0.25, 0.3) is 0 Å². The first-order chi connectivity index (χ1) is 10.7. The highest BCUT2D eigenvalue weighted by Gasteiger charge is 2.38. The molecule has 1 saturated heterocycles. The number of nitrogens with zero attached hydrogens (tertiary/aromatic N) is 1. The molecule has 2 fully saturated rings. The average molecular weight is 347 g/mol. The molecule has 2 rings (SSSR count). The molecule has 7 heteroatoms. The Morgan fingerprint density at radius 2 is 1.52 bits per heavy atom. The van der Waals surface area contributed by atoms with Crippen molar-refractivity contribution in [3.8, 4) is 0 Å². The highest BCUT2D eigenvalue weighted by molar-refractivity contribution is 5.85. The lowest BCUT2D eigenvalue weighted by atomic mass is 9.79. The summed E-state index contributed by atoms with van der Waals surface area (Å²) in [6, 6.07) is 0. The van der Waals surface area contributed by atoms with Gasteiger partial charge < -0.3 is 16.4 Å². The molecule has 0 radical (unpaired) electrons. The minimum Gasteiger partial charge on any atom is -0.353 e. The zero-order chi connectivity index (χ0) is 15.8. The topological polar surface area (TPSA) is 87.5 Å². The van der Waals surface area contributed by atoms with Crippen LogP contribution in [0.2, 0.25) is 0 Å². The van der Waals surface area contributed by atoms with E-state index in [2.05, 4.69) is 15.5 Å². The lowest BCUT2D eigenvalue weighted by molar-refractivity contribution is -0.125. The minimum atomic E-state index is -0.293. The van der Waals surface area contributed by atoms with Gasteiger partial charge in [0, 0.05) is 12.1 Å². The number of hydrogen-bond donors (Lipinski definition) is 3. The molecule has 1 heterocycles. The maximum atomic E-state index is 11.9. The second-order valence-electron chi connectivity index (χ2n) is 6.59. The highest BCUT2D eigenvalue weighted by atomic mass is 35.5. The van der Waals surface area contributed by atoms with E-state index in [0.29, 0.717) is 6.54 Å². The fourth-order valence-electron chi connectivity index (χ4n) is 3.76. The molecule has 0 aromatic heterocycles. The predicted octanol–water partition coefficient (Wildman–Crippen LogP) is 0.788. The molecule has 1 aliphatic heterocycles. The Bertz CT molecular complexity index is 380. The number of rotatable bonds is 6. The van der Waals surface area contributed by atoms with Gasteiger partial charge in [0.1, 0.15) is 0 Å². The van der Waals surface area contributed by atoms with Crippen LogP contribution in [0.3, 0.4) is 0 Å². The molecule has 134 valence electrons. The van der Waals surface area contributed by atoms with Gasteiger partial charge in [-0.3, -0.25) is 14.5 Å². The lowest BCUT2D eigenvalue weighted by Gasteiger charge is -2.48. The average Bonchev–Trinajstić information content (AvgIpc) is 2.59. The third kappa shape index (κ3) is 5.94.